The summed E-state index contributed by atoms with van der Waals surface area (Å²) >= 11 is 5.68. The fourth-order valence-electron chi connectivity index (χ4n) is 1.33. The van der Waals surface area contributed by atoms with Gasteiger partial charge in [-0.1, -0.05) is 13.3 Å². The lowest BCUT2D eigenvalue weighted by atomic mass is 10.2. The first-order valence-corrected chi connectivity index (χ1v) is 5.57. The first-order chi connectivity index (χ1) is 7.17. The molecule has 0 bridgehead atoms. The topological polar surface area (TPSA) is 22.1 Å². The number of ether oxygens (including phenoxy) is 1. The Morgan fingerprint density at radius 1 is 1.60 bits per heavy atom. The van der Waals surface area contributed by atoms with Crippen LogP contribution >= 0.6 is 11.6 Å². The summed E-state index contributed by atoms with van der Waals surface area (Å²) in [5.74, 6) is 0.257. The Hall–Kier alpha value is -0.830. The van der Waals surface area contributed by atoms with E-state index in [-0.39, 0.29) is 17.8 Å². The Kier molecular flexibility index (Phi) is 4.82. The van der Waals surface area contributed by atoms with Crippen molar-refractivity contribution in [2.75, 3.05) is 0 Å². The minimum Gasteiger partial charge on any atom is -0.474 e. The number of pyridine rings is 1. The molecule has 0 saturated heterocycles. The zero-order valence-electron chi connectivity index (χ0n) is 8.96. The maximum atomic E-state index is 12.8. The molecule has 2 nitrogen and oxygen atoms in total. The Balaban J connectivity index is 2.75. The Morgan fingerprint density at radius 3 is 2.93 bits per heavy atom. The van der Waals surface area contributed by atoms with Gasteiger partial charge in [0.25, 0.3) is 0 Å². The van der Waals surface area contributed by atoms with Gasteiger partial charge in [-0.3, -0.25) is 0 Å². The summed E-state index contributed by atoms with van der Waals surface area (Å²) in [7, 11) is 0. The molecule has 84 valence electrons. The number of nitrogens with zero attached hydrogens (tertiary/aromatic N) is 1. The van der Waals surface area contributed by atoms with Crippen LogP contribution in [0.15, 0.2) is 12.3 Å². The van der Waals surface area contributed by atoms with Gasteiger partial charge in [0.2, 0.25) is 5.88 Å². The quantitative estimate of drug-likeness (QED) is 0.724. The molecule has 0 fully saturated rings. The molecule has 1 rings (SSSR count). The van der Waals surface area contributed by atoms with E-state index in [4.69, 9.17) is 16.3 Å². The highest BCUT2D eigenvalue weighted by molar-refractivity contribution is 6.17. The predicted octanol–water partition coefficient (Wildman–Crippen LogP) is 3.53. The SMILES string of the molecule is CCCC(C)Oc1ncc(F)cc1CCl. The van der Waals surface area contributed by atoms with E-state index in [1.807, 2.05) is 6.92 Å². The molecular weight excluding hydrogens is 217 g/mol. The largest absolute Gasteiger partial charge is 0.474 e. The van der Waals surface area contributed by atoms with Crippen molar-refractivity contribution in [2.45, 2.75) is 38.7 Å². The summed E-state index contributed by atoms with van der Waals surface area (Å²) in [6.07, 6.45) is 3.21. The number of alkyl halides is 1. The van der Waals surface area contributed by atoms with E-state index in [0.29, 0.717) is 11.4 Å². The van der Waals surface area contributed by atoms with Crippen molar-refractivity contribution < 1.29 is 9.13 Å². The summed E-state index contributed by atoms with van der Waals surface area (Å²) < 4.78 is 18.4. The van der Waals surface area contributed by atoms with Crippen LogP contribution in [-0.2, 0) is 5.88 Å². The highest BCUT2D eigenvalue weighted by atomic mass is 35.5. The molecule has 1 heterocycles. The molecular formula is C11H15ClFNO. The van der Waals surface area contributed by atoms with E-state index in [1.165, 1.54) is 6.07 Å². The zero-order chi connectivity index (χ0) is 11.3. The van der Waals surface area contributed by atoms with E-state index < -0.39 is 0 Å². The summed E-state index contributed by atoms with van der Waals surface area (Å²) in [6.45, 7) is 4.05. The smallest absolute Gasteiger partial charge is 0.218 e. The lowest BCUT2D eigenvalue weighted by Crippen LogP contribution is -2.13. The van der Waals surface area contributed by atoms with Crippen LogP contribution in [0.4, 0.5) is 4.39 Å². The second kappa shape index (κ2) is 5.91. The molecule has 0 N–H and O–H groups in total. The van der Waals surface area contributed by atoms with Crippen LogP contribution in [0.2, 0.25) is 0 Å². The average molecular weight is 232 g/mol. The molecule has 1 aromatic rings. The normalized spacial score (nSPS) is 12.5. The molecule has 15 heavy (non-hydrogen) atoms. The van der Waals surface area contributed by atoms with Gasteiger partial charge >= 0.3 is 0 Å². The van der Waals surface area contributed by atoms with Crippen LogP contribution in [-0.4, -0.2) is 11.1 Å². The minimum atomic E-state index is -0.388. The lowest BCUT2D eigenvalue weighted by Gasteiger charge is -2.14. The van der Waals surface area contributed by atoms with Gasteiger partial charge in [0.15, 0.2) is 0 Å². The monoisotopic (exact) mass is 231 g/mol. The van der Waals surface area contributed by atoms with Gasteiger partial charge in [-0.25, -0.2) is 9.37 Å². The van der Waals surface area contributed by atoms with E-state index in [0.717, 1.165) is 19.0 Å². The predicted molar refractivity (Wildman–Crippen MR) is 58.8 cm³/mol. The number of aromatic nitrogens is 1. The van der Waals surface area contributed by atoms with Crippen molar-refractivity contribution in [1.82, 2.24) is 4.98 Å². The molecule has 0 radical (unpaired) electrons. The third-order valence-electron chi connectivity index (χ3n) is 2.04. The van der Waals surface area contributed by atoms with Gasteiger partial charge in [-0.05, 0) is 19.4 Å². The molecule has 1 unspecified atom stereocenters. The van der Waals surface area contributed by atoms with E-state index >= 15 is 0 Å². The highest BCUT2D eigenvalue weighted by Gasteiger charge is 2.09. The van der Waals surface area contributed by atoms with E-state index in [2.05, 4.69) is 11.9 Å². The molecule has 0 aliphatic rings. The maximum Gasteiger partial charge on any atom is 0.218 e. The van der Waals surface area contributed by atoms with Gasteiger partial charge in [0.1, 0.15) is 5.82 Å². The Morgan fingerprint density at radius 2 is 2.33 bits per heavy atom. The summed E-state index contributed by atoms with van der Waals surface area (Å²) in [5, 5.41) is 0. The number of halogens is 2. The third-order valence-corrected chi connectivity index (χ3v) is 2.33. The van der Waals surface area contributed by atoms with Crippen LogP contribution in [0.1, 0.15) is 32.3 Å². The van der Waals surface area contributed by atoms with Crippen LogP contribution in [0.25, 0.3) is 0 Å². The van der Waals surface area contributed by atoms with Crippen LogP contribution in [0.5, 0.6) is 5.88 Å². The van der Waals surface area contributed by atoms with Crippen molar-refractivity contribution in [3.8, 4) is 5.88 Å². The molecule has 1 atom stereocenters. The van der Waals surface area contributed by atoms with Crippen molar-refractivity contribution in [1.29, 1.82) is 0 Å². The lowest BCUT2D eigenvalue weighted by molar-refractivity contribution is 0.199. The Bertz CT molecular complexity index is 319. The molecule has 0 amide bonds. The van der Waals surface area contributed by atoms with Crippen LogP contribution in [0, 0.1) is 5.82 Å². The molecule has 0 aliphatic carbocycles. The van der Waals surface area contributed by atoms with Crippen molar-refractivity contribution in [3.05, 3.63) is 23.6 Å². The first kappa shape index (κ1) is 12.2. The second-order valence-electron chi connectivity index (χ2n) is 3.47. The second-order valence-corrected chi connectivity index (χ2v) is 3.74. The molecule has 0 aliphatic heterocycles. The molecule has 4 heteroatoms. The molecule has 1 aromatic heterocycles. The molecule has 0 aromatic carbocycles. The summed E-state index contributed by atoms with van der Waals surface area (Å²) in [6, 6.07) is 1.36. The average Bonchev–Trinajstić information content (AvgIpc) is 2.21. The first-order valence-electron chi connectivity index (χ1n) is 5.04. The molecule has 0 saturated carbocycles. The van der Waals surface area contributed by atoms with E-state index in [1.54, 1.807) is 0 Å². The number of hydrogen-bond acceptors (Lipinski definition) is 2. The minimum absolute atomic E-state index is 0.0786. The van der Waals surface area contributed by atoms with Gasteiger partial charge in [-0.15, -0.1) is 11.6 Å². The fraction of sp³-hybridized carbons (Fsp3) is 0.545. The maximum absolute atomic E-state index is 12.8. The van der Waals surface area contributed by atoms with Gasteiger partial charge < -0.3 is 4.74 Å². The van der Waals surface area contributed by atoms with E-state index in [9.17, 15) is 4.39 Å². The van der Waals surface area contributed by atoms with Gasteiger partial charge in [0, 0.05) is 5.56 Å². The van der Waals surface area contributed by atoms with Crippen molar-refractivity contribution in [2.24, 2.45) is 0 Å². The van der Waals surface area contributed by atoms with Crippen LogP contribution < -0.4 is 4.74 Å². The number of hydrogen-bond donors (Lipinski definition) is 0. The van der Waals surface area contributed by atoms with Crippen molar-refractivity contribution >= 4 is 11.6 Å². The third kappa shape index (κ3) is 3.67. The standard InChI is InChI=1S/C11H15ClFNO/c1-3-4-8(2)15-11-9(6-12)5-10(13)7-14-11/h5,7-8H,3-4,6H2,1-2H3. The number of rotatable bonds is 5. The molecule has 0 spiro atoms. The van der Waals surface area contributed by atoms with Gasteiger partial charge in [0.05, 0.1) is 18.2 Å². The van der Waals surface area contributed by atoms with Crippen molar-refractivity contribution in [3.63, 3.8) is 0 Å². The zero-order valence-corrected chi connectivity index (χ0v) is 9.72. The van der Waals surface area contributed by atoms with Crippen LogP contribution in [0.3, 0.4) is 0 Å². The summed E-state index contributed by atoms with van der Waals surface area (Å²) in [5.41, 5.74) is 0.597. The fourth-order valence-corrected chi connectivity index (χ4v) is 1.52. The Labute approximate surface area is 94.4 Å². The van der Waals surface area contributed by atoms with Gasteiger partial charge in [-0.2, -0.15) is 0 Å². The highest BCUT2D eigenvalue weighted by Crippen LogP contribution is 2.20. The summed E-state index contributed by atoms with van der Waals surface area (Å²) in [4.78, 5) is 3.89.